The molecule has 4 atom stereocenters. The van der Waals surface area contributed by atoms with Gasteiger partial charge in [0.2, 0.25) is 0 Å². The number of carbonyl (C=O) groups is 2. The molecule has 0 saturated carbocycles. The van der Waals surface area contributed by atoms with Crippen LogP contribution in [0.1, 0.15) is 55.4 Å². The number of aliphatic hydroxyl groups excluding tert-OH is 1. The SMILES string of the molecule is CC1=CC=C2C(C)(C)C(=NNC(N)=O)C(S(=O)c3ccccc3)=CC23Oc2c(ccc4c2C(O)NC4=O)CC13C. The average Bonchev–Trinajstić information content (AvgIpc) is 3.20. The van der Waals surface area contributed by atoms with Crippen LogP contribution >= 0.6 is 0 Å². The Bertz CT molecular complexity index is 1640. The number of primary amides is 1. The van der Waals surface area contributed by atoms with Gasteiger partial charge in [0.15, 0.2) is 11.8 Å². The van der Waals surface area contributed by atoms with Crippen molar-refractivity contribution in [1.29, 1.82) is 0 Å². The van der Waals surface area contributed by atoms with Crippen molar-refractivity contribution >= 4 is 28.4 Å². The minimum Gasteiger partial charge on any atom is -0.477 e. The molecule has 2 aromatic carbocycles. The lowest BCUT2D eigenvalue weighted by molar-refractivity contribution is 0.00746. The molecule has 6 rings (SSSR count). The highest BCUT2D eigenvalue weighted by atomic mass is 32.2. The molecule has 2 heterocycles. The Labute approximate surface area is 234 Å². The third-order valence-corrected chi connectivity index (χ3v) is 10.1. The van der Waals surface area contributed by atoms with Crippen LogP contribution in [0.4, 0.5) is 4.79 Å². The number of urea groups is 1. The highest BCUT2D eigenvalue weighted by Gasteiger charge is 2.63. The summed E-state index contributed by atoms with van der Waals surface area (Å²) in [6.07, 6.45) is 5.23. The van der Waals surface area contributed by atoms with Crippen LogP contribution in [-0.4, -0.2) is 32.6 Å². The van der Waals surface area contributed by atoms with Crippen molar-refractivity contribution in [3.63, 3.8) is 0 Å². The van der Waals surface area contributed by atoms with E-state index in [1.54, 1.807) is 18.2 Å². The molecule has 4 unspecified atom stereocenters. The van der Waals surface area contributed by atoms with E-state index in [4.69, 9.17) is 10.5 Å². The number of ether oxygens (including phenoxy) is 1. The van der Waals surface area contributed by atoms with Gasteiger partial charge in [-0.05, 0) is 48.8 Å². The second-order valence-electron chi connectivity index (χ2n) is 11.3. The molecule has 2 aliphatic carbocycles. The highest BCUT2D eigenvalue weighted by Crippen LogP contribution is 2.62. The number of nitrogens with one attached hydrogen (secondary N) is 2. The van der Waals surface area contributed by atoms with Crippen LogP contribution in [0.5, 0.6) is 5.75 Å². The third kappa shape index (κ3) is 3.49. The highest BCUT2D eigenvalue weighted by molar-refractivity contribution is 7.90. The Balaban J connectivity index is 1.66. The Morgan fingerprint density at radius 3 is 2.60 bits per heavy atom. The van der Waals surface area contributed by atoms with Gasteiger partial charge in [-0.3, -0.25) is 4.79 Å². The Morgan fingerprint density at radius 2 is 1.90 bits per heavy atom. The molecule has 5 N–H and O–H groups in total. The van der Waals surface area contributed by atoms with Gasteiger partial charge in [-0.1, -0.05) is 62.8 Å². The van der Waals surface area contributed by atoms with E-state index in [-0.39, 0.29) is 5.91 Å². The summed E-state index contributed by atoms with van der Waals surface area (Å²) in [5.41, 5.74) is 8.99. The molecule has 0 aromatic heterocycles. The van der Waals surface area contributed by atoms with E-state index in [9.17, 15) is 18.9 Å². The van der Waals surface area contributed by atoms with E-state index < -0.39 is 39.5 Å². The van der Waals surface area contributed by atoms with Crippen LogP contribution in [0.25, 0.3) is 0 Å². The molecule has 206 valence electrons. The van der Waals surface area contributed by atoms with Crippen LogP contribution in [0.3, 0.4) is 0 Å². The third-order valence-electron chi connectivity index (χ3n) is 8.73. The summed E-state index contributed by atoms with van der Waals surface area (Å²) in [6.45, 7) is 8.05. The number of hydrogen-bond donors (Lipinski definition) is 4. The van der Waals surface area contributed by atoms with Gasteiger partial charge in [0, 0.05) is 15.7 Å². The molecule has 2 aliphatic heterocycles. The zero-order chi connectivity index (χ0) is 28.6. The molecule has 40 heavy (non-hydrogen) atoms. The fourth-order valence-corrected chi connectivity index (χ4v) is 7.89. The van der Waals surface area contributed by atoms with Crippen LogP contribution in [0.2, 0.25) is 0 Å². The van der Waals surface area contributed by atoms with Gasteiger partial charge < -0.3 is 20.9 Å². The van der Waals surface area contributed by atoms with Gasteiger partial charge in [0.1, 0.15) is 5.75 Å². The number of hydrogen-bond acceptors (Lipinski definition) is 6. The molecule has 1 spiro atoms. The van der Waals surface area contributed by atoms with Gasteiger partial charge in [0.05, 0.1) is 32.5 Å². The predicted molar refractivity (Wildman–Crippen MR) is 151 cm³/mol. The topological polar surface area (TPSA) is 143 Å². The van der Waals surface area contributed by atoms with Crippen molar-refractivity contribution in [2.45, 2.75) is 50.8 Å². The normalized spacial score (nSPS) is 29.3. The zero-order valence-corrected chi connectivity index (χ0v) is 23.4. The van der Waals surface area contributed by atoms with Crippen LogP contribution in [0.15, 0.2) is 86.7 Å². The van der Waals surface area contributed by atoms with Gasteiger partial charge in [-0.25, -0.2) is 14.4 Å². The summed E-state index contributed by atoms with van der Waals surface area (Å²) in [4.78, 5) is 25.2. The van der Waals surface area contributed by atoms with Crippen molar-refractivity contribution in [2.24, 2.45) is 21.7 Å². The fourth-order valence-electron chi connectivity index (χ4n) is 6.48. The number of nitrogens with two attached hydrogens (primary N) is 1. The van der Waals surface area contributed by atoms with Crippen molar-refractivity contribution in [3.05, 3.63) is 93.4 Å². The van der Waals surface area contributed by atoms with Crippen LogP contribution in [0, 0.1) is 10.8 Å². The number of rotatable bonds is 3. The fraction of sp³-hybridized carbons (Fsp3) is 0.300. The maximum atomic E-state index is 14.2. The van der Waals surface area contributed by atoms with E-state index in [2.05, 4.69) is 28.8 Å². The number of amides is 3. The summed E-state index contributed by atoms with van der Waals surface area (Å²) in [7, 11) is -1.70. The molecule has 10 heteroatoms. The summed E-state index contributed by atoms with van der Waals surface area (Å²) in [5.74, 6) is 0.0709. The molecule has 4 aliphatic rings. The largest absolute Gasteiger partial charge is 0.477 e. The number of aliphatic hydroxyl groups is 1. The predicted octanol–water partition coefficient (Wildman–Crippen LogP) is 3.74. The summed E-state index contributed by atoms with van der Waals surface area (Å²) in [5, 5.41) is 17.7. The lowest BCUT2D eigenvalue weighted by Crippen LogP contribution is -2.62. The molecule has 9 nitrogen and oxygen atoms in total. The summed E-state index contributed by atoms with van der Waals surface area (Å²) >= 11 is 0. The average molecular weight is 559 g/mol. The smallest absolute Gasteiger partial charge is 0.332 e. The van der Waals surface area contributed by atoms with E-state index in [1.165, 1.54) is 0 Å². The van der Waals surface area contributed by atoms with E-state index in [1.807, 2.05) is 57.2 Å². The zero-order valence-electron chi connectivity index (χ0n) is 22.6. The number of nitrogens with zero attached hydrogens (tertiary/aromatic N) is 1. The standard InChI is InChI=1S/C30H30N4O5S/c1-16-10-13-21-28(2,3)24(33-34-27(31)37)20(40(38)18-8-6-5-7-9-18)15-30(21)29(16,4)14-17-11-12-19-22(23(17)39-30)26(36)32-25(19)35/h5-13,15,26,36H,14H2,1-4H3,(H,32,35)(H3,31,34,37). The molecule has 2 aromatic rings. The monoisotopic (exact) mass is 558 g/mol. The molecule has 0 bridgehead atoms. The van der Waals surface area contributed by atoms with Crippen LogP contribution in [-0.2, 0) is 17.2 Å². The maximum absolute atomic E-state index is 14.2. The van der Waals surface area contributed by atoms with Crippen molar-refractivity contribution in [2.75, 3.05) is 0 Å². The first kappa shape index (κ1) is 26.2. The van der Waals surface area contributed by atoms with Crippen LogP contribution < -0.4 is 21.2 Å². The molecule has 0 saturated heterocycles. The van der Waals surface area contributed by atoms with Gasteiger partial charge in [0.25, 0.3) is 5.91 Å². The first-order valence-electron chi connectivity index (χ1n) is 13.0. The Morgan fingerprint density at radius 1 is 1.18 bits per heavy atom. The van der Waals surface area contributed by atoms with Crippen molar-refractivity contribution in [3.8, 4) is 5.75 Å². The number of benzene rings is 2. The second kappa shape index (κ2) is 8.74. The van der Waals surface area contributed by atoms with Gasteiger partial charge >= 0.3 is 6.03 Å². The number of carbonyl (C=O) groups excluding carboxylic acids is 2. The molecular weight excluding hydrogens is 528 g/mol. The minimum atomic E-state index is -1.70. The van der Waals surface area contributed by atoms with E-state index in [0.717, 1.165) is 16.7 Å². The van der Waals surface area contributed by atoms with Crippen molar-refractivity contribution < 1.29 is 23.6 Å². The molecular formula is C30H30N4O5S. The van der Waals surface area contributed by atoms with Crippen molar-refractivity contribution in [1.82, 2.24) is 10.7 Å². The summed E-state index contributed by atoms with van der Waals surface area (Å²) in [6, 6.07) is 11.8. The Kier molecular flexibility index (Phi) is 5.73. The number of hydrazone groups is 1. The van der Waals surface area contributed by atoms with E-state index in [0.29, 0.717) is 38.8 Å². The first-order chi connectivity index (χ1) is 18.9. The quantitative estimate of drug-likeness (QED) is 0.425. The maximum Gasteiger partial charge on any atom is 0.332 e. The summed E-state index contributed by atoms with van der Waals surface area (Å²) < 4.78 is 21.3. The molecule has 0 radical (unpaired) electrons. The Hall–Kier alpha value is -4.02. The number of allylic oxidation sites excluding steroid dienone is 3. The van der Waals surface area contributed by atoms with Gasteiger partial charge in [-0.2, -0.15) is 5.10 Å². The molecule has 3 amide bonds. The lowest BCUT2D eigenvalue weighted by Gasteiger charge is -2.58. The van der Waals surface area contributed by atoms with E-state index >= 15 is 0 Å². The second-order valence-corrected chi connectivity index (χ2v) is 12.8. The first-order valence-corrected chi connectivity index (χ1v) is 14.1. The number of fused-ring (bicyclic) bond motifs is 3. The molecule has 0 fully saturated rings. The lowest BCUT2D eigenvalue weighted by atomic mass is 9.52. The van der Waals surface area contributed by atoms with Gasteiger partial charge in [-0.15, -0.1) is 0 Å². The minimum absolute atomic E-state index is 0.361.